The number of likely N-dealkylation sites (N-methyl/N-ethyl adjacent to an activating group) is 1. The molecular formula is C14H21NO. The lowest BCUT2D eigenvalue weighted by molar-refractivity contribution is 0.127. The van der Waals surface area contributed by atoms with Crippen molar-refractivity contribution in [2.24, 2.45) is 0 Å². The van der Waals surface area contributed by atoms with Crippen molar-refractivity contribution in [2.75, 3.05) is 13.6 Å². The lowest BCUT2D eigenvalue weighted by Gasteiger charge is -2.29. The van der Waals surface area contributed by atoms with Crippen molar-refractivity contribution in [3.8, 4) is 5.75 Å². The van der Waals surface area contributed by atoms with Gasteiger partial charge in [-0.1, -0.05) is 12.1 Å². The zero-order valence-electron chi connectivity index (χ0n) is 10.7. The molecule has 2 rings (SSSR count). The van der Waals surface area contributed by atoms with E-state index in [1.54, 1.807) is 0 Å². The summed E-state index contributed by atoms with van der Waals surface area (Å²) >= 11 is 0. The van der Waals surface area contributed by atoms with Gasteiger partial charge in [0.2, 0.25) is 0 Å². The molecule has 0 bridgehead atoms. The van der Waals surface area contributed by atoms with Gasteiger partial charge in [-0.15, -0.1) is 0 Å². The molecule has 0 aromatic heterocycles. The van der Waals surface area contributed by atoms with E-state index in [4.69, 9.17) is 4.74 Å². The minimum atomic E-state index is -0.120. The maximum absolute atomic E-state index is 6.02. The minimum Gasteiger partial charge on any atom is -0.488 e. The monoisotopic (exact) mass is 219 g/mol. The first-order valence-electron chi connectivity index (χ1n) is 5.94. The Hall–Kier alpha value is -1.02. The van der Waals surface area contributed by atoms with Gasteiger partial charge in [-0.25, -0.2) is 0 Å². The minimum absolute atomic E-state index is 0.120. The van der Waals surface area contributed by atoms with Gasteiger partial charge in [0.25, 0.3) is 0 Å². The first-order chi connectivity index (χ1) is 7.46. The van der Waals surface area contributed by atoms with Gasteiger partial charge in [0.1, 0.15) is 11.4 Å². The van der Waals surface area contributed by atoms with Crippen molar-refractivity contribution < 1.29 is 4.74 Å². The van der Waals surface area contributed by atoms with E-state index in [-0.39, 0.29) is 5.60 Å². The highest BCUT2D eigenvalue weighted by Crippen LogP contribution is 2.29. The Morgan fingerprint density at radius 2 is 2.00 bits per heavy atom. The number of nitrogens with zero attached hydrogens (tertiary/aromatic N) is 1. The summed E-state index contributed by atoms with van der Waals surface area (Å²) in [6, 6.07) is 6.41. The molecule has 1 heterocycles. The standard InChI is InChI=1S/C14H21NO/c1-14(2,3)16-13-7-5-6-11-8-9-15(4)10-12(11)13/h5-7H,8-10H2,1-4H3. The number of fused-ring (bicyclic) bond motifs is 1. The Bertz CT molecular complexity index is 379. The Kier molecular flexibility index (Phi) is 2.94. The summed E-state index contributed by atoms with van der Waals surface area (Å²) in [5.74, 6) is 1.05. The van der Waals surface area contributed by atoms with E-state index in [1.807, 2.05) is 0 Å². The van der Waals surface area contributed by atoms with Gasteiger partial charge in [-0.05, 0) is 45.9 Å². The average molecular weight is 219 g/mol. The quantitative estimate of drug-likeness (QED) is 0.720. The summed E-state index contributed by atoms with van der Waals surface area (Å²) in [6.07, 6.45) is 1.13. The Morgan fingerprint density at radius 3 is 2.69 bits per heavy atom. The maximum Gasteiger partial charge on any atom is 0.124 e. The molecule has 0 N–H and O–H groups in total. The number of benzene rings is 1. The summed E-state index contributed by atoms with van der Waals surface area (Å²) in [5.41, 5.74) is 2.69. The van der Waals surface area contributed by atoms with Crippen LogP contribution in [0.3, 0.4) is 0 Å². The van der Waals surface area contributed by atoms with E-state index in [0.29, 0.717) is 0 Å². The van der Waals surface area contributed by atoms with Crippen LogP contribution in [0.1, 0.15) is 31.9 Å². The van der Waals surface area contributed by atoms with Crippen LogP contribution >= 0.6 is 0 Å². The molecule has 1 aliphatic heterocycles. The molecule has 0 spiro atoms. The molecule has 0 unspecified atom stereocenters. The third kappa shape index (κ3) is 2.56. The molecule has 1 aliphatic rings. The van der Waals surface area contributed by atoms with Crippen molar-refractivity contribution >= 4 is 0 Å². The molecule has 0 aliphatic carbocycles. The van der Waals surface area contributed by atoms with Crippen molar-refractivity contribution in [3.63, 3.8) is 0 Å². The van der Waals surface area contributed by atoms with Crippen LogP contribution in [0.2, 0.25) is 0 Å². The average Bonchev–Trinajstić information content (AvgIpc) is 2.17. The van der Waals surface area contributed by atoms with Crippen molar-refractivity contribution in [1.82, 2.24) is 4.90 Å². The predicted octanol–water partition coefficient (Wildman–Crippen LogP) is 2.85. The molecular weight excluding hydrogens is 198 g/mol. The summed E-state index contributed by atoms with van der Waals surface area (Å²) in [5, 5.41) is 0. The topological polar surface area (TPSA) is 12.5 Å². The second kappa shape index (κ2) is 4.10. The first kappa shape index (κ1) is 11.5. The molecule has 1 aromatic carbocycles. The van der Waals surface area contributed by atoms with Crippen LogP contribution < -0.4 is 4.74 Å². The van der Waals surface area contributed by atoms with Crippen LogP contribution in [-0.4, -0.2) is 24.1 Å². The van der Waals surface area contributed by atoms with Gasteiger partial charge < -0.3 is 9.64 Å². The SMILES string of the molecule is CN1CCc2cccc(OC(C)(C)C)c2C1. The van der Waals surface area contributed by atoms with Gasteiger partial charge in [0.05, 0.1) is 0 Å². The second-order valence-corrected chi connectivity index (χ2v) is 5.60. The summed E-state index contributed by atoms with van der Waals surface area (Å²) in [4.78, 5) is 2.35. The Balaban J connectivity index is 2.32. The van der Waals surface area contributed by atoms with Gasteiger partial charge in [0.15, 0.2) is 0 Å². The predicted molar refractivity (Wildman–Crippen MR) is 66.9 cm³/mol. The van der Waals surface area contributed by atoms with Gasteiger partial charge in [-0.2, -0.15) is 0 Å². The summed E-state index contributed by atoms with van der Waals surface area (Å²) in [7, 11) is 2.16. The fourth-order valence-electron chi connectivity index (χ4n) is 2.11. The molecule has 0 atom stereocenters. The second-order valence-electron chi connectivity index (χ2n) is 5.60. The smallest absolute Gasteiger partial charge is 0.124 e. The van der Waals surface area contributed by atoms with E-state index in [2.05, 4.69) is 50.9 Å². The highest BCUT2D eigenvalue weighted by molar-refractivity contribution is 5.41. The van der Waals surface area contributed by atoms with Crippen LogP contribution in [0.15, 0.2) is 18.2 Å². The molecule has 0 saturated carbocycles. The molecule has 16 heavy (non-hydrogen) atoms. The largest absolute Gasteiger partial charge is 0.488 e. The number of rotatable bonds is 1. The van der Waals surface area contributed by atoms with Gasteiger partial charge in [-0.3, -0.25) is 0 Å². The van der Waals surface area contributed by atoms with Gasteiger partial charge in [0, 0.05) is 18.7 Å². The third-order valence-electron chi connectivity index (χ3n) is 2.84. The zero-order valence-corrected chi connectivity index (χ0v) is 10.7. The molecule has 1 aromatic rings. The fraction of sp³-hybridized carbons (Fsp3) is 0.571. The van der Waals surface area contributed by atoms with Crippen LogP contribution in [0.4, 0.5) is 0 Å². The number of hydrogen-bond acceptors (Lipinski definition) is 2. The number of hydrogen-bond donors (Lipinski definition) is 0. The van der Waals surface area contributed by atoms with Crippen LogP contribution in [0, 0.1) is 0 Å². The highest BCUT2D eigenvalue weighted by Gasteiger charge is 2.20. The normalized spacial score (nSPS) is 17.0. The lowest BCUT2D eigenvalue weighted by atomic mass is 9.99. The summed E-state index contributed by atoms with van der Waals surface area (Å²) < 4.78 is 6.02. The third-order valence-corrected chi connectivity index (χ3v) is 2.84. The van der Waals surface area contributed by atoms with Crippen LogP contribution in [0.25, 0.3) is 0 Å². The molecule has 0 fully saturated rings. The van der Waals surface area contributed by atoms with Crippen LogP contribution in [-0.2, 0) is 13.0 Å². The van der Waals surface area contributed by atoms with E-state index < -0.39 is 0 Å². The fourth-order valence-corrected chi connectivity index (χ4v) is 2.11. The zero-order chi connectivity index (χ0) is 11.8. The molecule has 0 radical (unpaired) electrons. The van der Waals surface area contributed by atoms with Crippen molar-refractivity contribution in [1.29, 1.82) is 0 Å². The van der Waals surface area contributed by atoms with E-state index in [9.17, 15) is 0 Å². The Morgan fingerprint density at radius 1 is 1.25 bits per heavy atom. The van der Waals surface area contributed by atoms with Crippen molar-refractivity contribution in [2.45, 2.75) is 39.3 Å². The van der Waals surface area contributed by atoms with E-state index >= 15 is 0 Å². The van der Waals surface area contributed by atoms with Gasteiger partial charge >= 0.3 is 0 Å². The molecule has 2 heteroatoms. The molecule has 0 saturated heterocycles. The Labute approximate surface area is 98.2 Å². The van der Waals surface area contributed by atoms with Crippen molar-refractivity contribution in [3.05, 3.63) is 29.3 Å². The highest BCUT2D eigenvalue weighted by atomic mass is 16.5. The maximum atomic E-state index is 6.02. The lowest BCUT2D eigenvalue weighted by Crippen LogP contribution is -2.29. The van der Waals surface area contributed by atoms with Crippen LogP contribution in [0.5, 0.6) is 5.75 Å². The molecule has 88 valence electrons. The van der Waals surface area contributed by atoms with E-state index in [0.717, 1.165) is 25.3 Å². The number of ether oxygens (including phenoxy) is 1. The molecule has 0 amide bonds. The first-order valence-corrected chi connectivity index (χ1v) is 5.94. The summed E-state index contributed by atoms with van der Waals surface area (Å²) in [6.45, 7) is 8.43. The molecule has 2 nitrogen and oxygen atoms in total. The van der Waals surface area contributed by atoms with E-state index in [1.165, 1.54) is 11.1 Å².